The number of ether oxygens (including phenoxy) is 2. The average Bonchev–Trinajstić information content (AvgIpc) is 2.50. The van der Waals surface area contributed by atoms with Crippen LogP contribution in [0, 0.1) is 5.41 Å². The smallest absolute Gasteiger partial charge is 0.338 e. The summed E-state index contributed by atoms with van der Waals surface area (Å²) in [5.41, 5.74) is -0.796. The Bertz CT molecular complexity index is 537. The Labute approximate surface area is 136 Å². The Morgan fingerprint density at radius 1 is 1.00 bits per heavy atom. The van der Waals surface area contributed by atoms with Gasteiger partial charge in [-0.1, -0.05) is 12.1 Å². The summed E-state index contributed by atoms with van der Waals surface area (Å²) in [6.07, 6.45) is 0. The summed E-state index contributed by atoms with van der Waals surface area (Å²) in [6, 6.07) is 6.49. The highest BCUT2D eigenvalue weighted by molar-refractivity contribution is 5.89. The maximum Gasteiger partial charge on any atom is 0.338 e. The van der Waals surface area contributed by atoms with Crippen molar-refractivity contribution in [2.45, 2.75) is 39.9 Å². The Morgan fingerprint density at radius 3 is 1.96 bits per heavy atom. The lowest BCUT2D eigenvalue weighted by Gasteiger charge is -2.22. The van der Waals surface area contributed by atoms with Crippen LogP contribution in [0.5, 0.6) is 0 Å². The summed E-state index contributed by atoms with van der Waals surface area (Å²) in [5, 5.41) is 18.3. The molecule has 0 heterocycles. The summed E-state index contributed by atoms with van der Waals surface area (Å²) < 4.78 is 10.3. The highest BCUT2D eigenvalue weighted by Gasteiger charge is 2.33. The largest absolute Gasteiger partial charge is 0.460 e. The molecule has 0 amide bonds. The van der Waals surface area contributed by atoms with Crippen molar-refractivity contribution in [1.82, 2.24) is 0 Å². The maximum atomic E-state index is 11.9. The first-order chi connectivity index (χ1) is 10.6. The van der Waals surface area contributed by atoms with Crippen molar-refractivity contribution in [3.8, 4) is 0 Å². The number of aliphatic hydroxyl groups is 2. The quantitative estimate of drug-likeness (QED) is 0.773. The highest BCUT2D eigenvalue weighted by atomic mass is 16.6. The van der Waals surface area contributed by atoms with Crippen molar-refractivity contribution in [2.75, 3.05) is 13.2 Å². The minimum Gasteiger partial charge on any atom is -0.460 e. The van der Waals surface area contributed by atoms with Gasteiger partial charge in [0, 0.05) is 0 Å². The van der Waals surface area contributed by atoms with E-state index in [4.69, 9.17) is 19.7 Å². The molecule has 128 valence electrons. The average molecular weight is 324 g/mol. The third-order valence-corrected chi connectivity index (χ3v) is 3.15. The molecule has 0 aliphatic heterocycles. The highest BCUT2D eigenvalue weighted by Crippen LogP contribution is 2.18. The number of aliphatic hydroxyl groups excluding tert-OH is 2. The Morgan fingerprint density at radius 2 is 1.52 bits per heavy atom. The fraction of sp³-hybridized carbons (Fsp3) is 0.529. The second-order valence-corrected chi connectivity index (χ2v) is 6.65. The SMILES string of the molecule is CC(C)(C)OC(=O)c1ccc(COC(=O)C(C)(CO)CO)cc1. The molecule has 6 nitrogen and oxygen atoms in total. The molecule has 0 aromatic heterocycles. The van der Waals surface area contributed by atoms with Gasteiger partial charge in [0.25, 0.3) is 0 Å². The van der Waals surface area contributed by atoms with E-state index >= 15 is 0 Å². The van der Waals surface area contributed by atoms with Crippen LogP contribution in [0.25, 0.3) is 0 Å². The van der Waals surface area contributed by atoms with Crippen LogP contribution in [0.1, 0.15) is 43.6 Å². The second-order valence-electron chi connectivity index (χ2n) is 6.65. The monoisotopic (exact) mass is 324 g/mol. The molecule has 0 atom stereocenters. The van der Waals surface area contributed by atoms with E-state index in [-0.39, 0.29) is 6.61 Å². The number of hydrogen-bond donors (Lipinski definition) is 2. The molecule has 23 heavy (non-hydrogen) atoms. The number of rotatable bonds is 6. The zero-order chi connectivity index (χ0) is 17.7. The van der Waals surface area contributed by atoms with Gasteiger partial charge in [-0.25, -0.2) is 4.79 Å². The molecular weight excluding hydrogens is 300 g/mol. The first-order valence-corrected chi connectivity index (χ1v) is 7.32. The third-order valence-electron chi connectivity index (χ3n) is 3.15. The zero-order valence-corrected chi connectivity index (χ0v) is 14.0. The lowest BCUT2D eigenvalue weighted by atomic mass is 9.93. The van der Waals surface area contributed by atoms with Gasteiger partial charge < -0.3 is 19.7 Å². The standard InChI is InChI=1S/C17H24O6/c1-16(2,3)23-14(20)13-7-5-12(6-8-13)9-22-15(21)17(4,10-18)11-19/h5-8,18-19H,9-11H2,1-4H3. The van der Waals surface area contributed by atoms with Gasteiger partial charge in [-0.05, 0) is 45.4 Å². The van der Waals surface area contributed by atoms with Gasteiger partial charge in [-0.15, -0.1) is 0 Å². The molecule has 6 heteroatoms. The number of esters is 2. The first kappa shape index (κ1) is 19.1. The minimum atomic E-state index is -1.32. The number of benzene rings is 1. The zero-order valence-electron chi connectivity index (χ0n) is 14.0. The fourth-order valence-electron chi connectivity index (χ4n) is 1.58. The van der Waals surface area contributed by atoms with E-state index < -0.39 is 36.2 Å². The van der Waals surface area contributed by atoms with Crippen LogP contribution in [0.2, 0.25) is 0 Å². The molecule has 0 saturated heterocycles. The third kappa shape index (κ3) is 5.65. The van der Waals surface area contributed by atoms with E-state index in [1.165, 1.54) is 6.92 Å². The molecule has 0 fully saturated rings. The van der Waals surface area contributed by atoms with E-state index in [1.807, 2.05) is 0 Å². The van der Waals surface area contributed by atoms with Gasteiger partial charge in [0.2, 0.25) is 0 Å². The Hall–Kier alpha value is -1.92. The van der Waals surface area contributed by atoms with Crippen molar-refractivity contribution in [1.29, 1.82) is 0 Å². The van der Waals surface area contributed by atoms with Crippen LogP contribution >= 0.6 is 0 Å². The molecule has 0 unspecified atom stereocenters. The summed E-state index contributed by atoms with van der Waals surface area (Å²) >= 11 is 0. The molecule has 0 saturated carbocycles. The molecule has 1 aromatic rings. The fourth-order valence-corrected chi connectivity index (χ4v) is 1.58. The number of carbonyl (C=O) groups is 2. The lowest BCUT2D eigenvalue weighted by Crippen LogP contribution is -2.36. The van der Waals surface area contributed by atoms with Gasteiger partial charge in [0.05, 0.1) is 18.8 Å². The summed E-state index contributed by atoms with van der Waals surface area (Å²) in [4.78, 5) is 23.7. The lowest BCUT2D eigenvalue weighted by molar-refractivity contribution is -0.161. The molecular formula is C17H24O6. The van der Waals surface area contributed by atoms with Crippen LogP contribution < -0.4 is 0 Å². The first-order valence-electron chi connectivity index (χ1n) is 7.32. The predicted octanol–water partition coefficient (Wildman–Crippen LogP) is 1.68. The number of hydrogen-bond acceptors (Lipinski definition) is 6. The Kier molecular flexibility index (Phi) is 6.29. The number of carbonyl (C=O) groups excluding carboxylic acids is 2. The minimum absolute atomic E-state index is 0.0109. The molecule has 2 N–H and O–H groups in total. The topological polar surface area (TPSA) is 93.1 Å². The van der Waals surface area contributed by atoms with E-state index in [1.54, 1.807) is 45.0 Å². The Balaban J connectivity index is 2.65. The predicted molar refractivity (Wildman–Crippen MR) is 83.7 cm³/mol. The second kappa shape index (κ2) is 7.57. The van der Waals surface area contributed by atoms with E-state index in [2.05, 4.69) is 0 Å². The molecule has 1 rings (SSSR count). The van der Waals surface area contributed by atoms with Crippen molar-refractivity contribution < 1.29 is 29.3 Å². The van der Waals surface area contributed by atoms with Gasteiger partial charge in [-0.2, -0.15) is 0 Å². The van der Waals surface area contributed by atoms with Gasteiger partial charge in [0.1, 0.15) is 17.6 Å². The summed E-state index contributed by atoms with van der Waals surface area (Å²) in [5.74, 6) is -1.10. The molecule has 1 aromatic carbocycles. The van der Waals surface area contributed by atoms with Crippen molar-refractivity contribution in [3.63, 3.8) is 0 Å². The van der Waals surface area contributed by atoms with Crippen LogP contribution in [0.15, 0.2) is 24.3 Å². The normalized spacial score (nSPS) is 11.9. The van der Waals surface area contributed by atoms with Crippen LogP contribution in [0.4, 0.5) is 0 Å². The van der Waals surface area contributed by atoms with Crippen molar-refractivity contribution in [3.05, 3.63) is 35.4 Å². The van der Waals surface area contributed by atoms with Gasteiger partial charge in [0.15, 0.2) is 0 Å². The van der Waals surface area contributed by atoms with E-state index in [9.17, 15) is 9.59 Å². The van der Waals surface area contributed by atoms with Crippen molar-refractivity contribution in [2.24, 2.45) is 5.41 Å². The molecule has 0 aliphatic carbocycles. The van der Waals surface area contributed by atoms with Crippen LogP contribution in [-0.2, 0) is 20.9 Å². The van der Waals surface area contributed by atoms with Gasteiger partial charge in [-0.3, -0.25) is 4.79 Å². The van der Waals surface area contributed by atoms with Crippen molar-refractivity contribution >= 4 is 11.9 Å². The molecule has 0 bridgehead atoms. The van der Waals surface area contributed by atoms with E-state index in [0.717, 1.165) is 0 Å². The molecule has 0 spiro atoms. The summed E-state index contributed by atoms with van der Waals surface area (Å²) in [7, 11) is 0. The molecule has 0 radical (unpaired) electrons. The van der Waals surface area contributed by atoms with Crippen LogP contribution in [0.3, 0.4) is 0 Å². The van der Waals surface area contributed by atoms with Crippen LogP contribution in [-0.4, -0.2) is 41.0 Å². The van der Waals surface area contributed by atoms with Gasteiger partial charge >= 0.3 is 11.9 Å². The maximum absolute atomic E-state index is 11.9. The summed E-state index contributed by atoms with van der Waals surface area (Å²) in [6.45, 7) is 5.78. The van der Waals surface area contributed by atoms with E-state index in [0.29, 0.717) is 11.1 Å². The molecule has 0 aliphatic rings.